The number of halogens is 4. The van der Waals surface area contributed by atoms with E-state index in [2.05, 4.69) is 5.32 Å². The van der Waals surface area contributed by atoms with Crippen LogP contribution < -0.4 is 20.5 Å². The number of rotatable bonds is 11. The molecular formula is C24H24F4N2O2. The zero-order valence-electron chi connectivity index (χ0n) is 17.3. The minimum Gasteiger partial charge on any atom is -0.489 e. The van der Waals surface area contributed by atoms with Crippen molar-refractivity contribution in [3.63, 3.8) is 0 Å². The lowest BCUT2D eigenvalue weighted by Crippen LogP contribution is -2.17. The fourth-order valence-electron chi connectivity index (χ4n) is 2.96. The molecule has 3 aromatic carbocycles. The molecule has 0 heterocycles. The Labute approximate surface area is 184 Å². The third-order valence-corrected chi connectivity index (χ3v) is 4.65. The summed E-state index contributed by atoms with van der Waals surface area (Å²) in [6.45, 7) is 1.57. The Morgan fingerprint density at radius 3 is 1.72 bits per heavy atom. The third-order valence-electron chi connectivity index (χ3n) is 4.65. The van der Waals surface area contributed by atoms with E-state index in [1.54, 1.807) is 18.2 Å². The molecule has 0 bridgehead atoms. The van der Waals surface area contributed by atoms with Gasteiger partial charge in [-0.1, -0.05) is 0 Å². The van der Waals surface area contributed by atoms with E-state index in [-0.39, 0.29) is 24.3 Å². The third kappa shape index (κ3) is 6.96. The molecule has 0 aliphatic carbocycles. The van der Waals surface area contributed by atoms with Gasteiger partial charge in [-0.05, 0) is 61.5 Å². The van der Waals surface area contributed by atoms with E-state index in [1.165, 1.54) is 12.1 Å². The second kappa shape index (κ2) is 11.5. The van der Waals surface area contributed by atoms with Crippen LogP contribution >= 0.6 is 0 Å². The van der Waals surface area contributed by atoms with E-state index in [0.29, 0.717) is 24.6 Å². The van der Waals surface area contributed by atoms with E-state index in [1.807, 2.05) is 0 Å². The first-order chi connectivity index (χ1) is 15.4. The van der Waals surface area contributed by atoms with Crippen LogP contribution in [0.2, 0.25) is 0 Å². The van der Waals surface area contributed by atoms with Crippen LogP contribution in [0.15, 0.2) is 54.6 Å². The normalized spacial score (nSPS) is 10.9. The number of hydrogen-bond acceptors (Lipinski definition) is 4. The van der Waals surface area contributed by atoms with Gasteiger partial charge in [0.15, 0.2) is 0 Å². The second-order valence-corrected chi connectivity index (χ2v) is 7.18. The maximum absolute atomic E-state index is 13.9. The molecule has 0 aliphatic heterocycles. The summed E-state index contributed by atoms with van der Waals surface area (Å²) in [7, 11) is 0. The molecule has 4 nitrogen and oxygen atoms in total. The SMILES string of the molecule is NCCCNCc1cc(OCc2ccc(F)cc2F)cc(OCc2ccc(F)cc2F)c1. The first-order valence-corrected chi connectivity index (χ1v) is 10.1. The standard InChI is InChI=1S/C24H24F4N2O2/c25-19-4-2-17(23(27)10-19)14-31-21-8-16(13-30-7-1-6-29)9-22(12-21)32-15-18-3-5-20(26)11-24(18)28/h2-5,8-12,30H,1,6-7,13-15,29H2. The number of nitrogens with one attached hydrogen (secondary N) is 1. The average Bonchev–Trinajstić information content (AvgIpc) is 2.75. The summed E-state index contributed by atoms with van der Waals surface area (Å²) in [5.74, 6) is -1.93. The summed E-state index contributed by atoms with van der Waals surface area (Å²) in [4.78, 5) is 0. The van der Waals surface area contributed by atoms with Crippen molar-refractivity contribution in [1.29, 1.82) is 0 Å². The first-order valence-electron chi connectivity index (χ1n) is 10.1. The molecule has 3 N–H and O–H groups in total. The lowest BCUT2D eigenvalue weighted by Gasteiger charge is -2.14. The van der Waals surface area contributed by atoms with Gasteiger partial charge in [0.2, 0.25) is 0 Å². The van der Waals surface area contributed by atoms with Gasteiger partial charge in [-0.2, -0.15) is 0 Å². The largest absolute Gasteiger partial charge is 0.489 e. The monoisotopic (exact) mass is 448 g/mol. The van der Waals surface area contributed by atoms with Crippen molar-refractivity contribution >= 4 is 0 Å². The average molecular weight is 448 g/mol. The van der Waals surface area contributed by atoms with Gasteiger partial charge in [0.25, 0.3) is 0 Å². The summed E-state index contributed by atoms with van der Waals surface area (Å²) in [6, 6.07) is 11.7. The van der Waals surface area contributed by atoms with E-state index in [4.69, 9.17) is 15.2 Å². The van der Waals surface area contributed by atoms with Gasteiger partial charge in [0.05, 0.1) is 0 Å². The fraction of sp³-hybridized carbons (Fsp3) is 0.250. The Hall–Kier alpha value is -3.10. The van der Waals surface area contributed by atoms with Gasteiger partial charge < -0.3 is 20.5 Å². The van der Waals surface area contributed by atoms with Gasteiger partial charge in [0, 0.05) is 35.9 Å². The molecule has 0 amide bonds. The maximum atomic E-state index is 13.9. The van der Waals surface area contributed by atoms with Crippen LogP contribution in [0.4, 0.5) is 17.6 Å². The zero-order chi connectivity index (χ0) is 22.9. The van der Waals surface area contributed by atoms with Crippen molar-refractivity contribution in [2.24, 2.45) is 5.73 Å². The highest BCUT2D eigenvalue weighted by molar-refractivity contribution is 5.39. The number of benzene rings is 3. The minimum absolute atomic E-state index is 0.109. The molecule has 0 atom stereocenters. The molecular weight excluding hydrogens is 424 g/mol. The molecule has 0 spiro atoms. The maximum Gasteiger partial charge on any atom is 0.132 e. The molecule has 0 saturated heterocycles. The summed E-state index contributed by atoms with van der Waals surface area (Å²) in [5, 5.41) is 3.24. The molecule has 0 aromatic heterocycles. The quantitative estimate of drug-likeness (QED) is 0.326. The predicted octanol–water partition coefficient (Wildman–Crippen LogP) is 4.84. The Morgan fingerprint density at radius 2 is 1.25 bits per heavy atom. The van der Waals surface area contributed by atoms with Crippen molar-refractivity contribution in [2.75, 3.05) is 13.1 Å². The number of nitrogens with two attached hydrogens (primary N) is 1. The number of hydrogen-bond donors (Lipinski definition) is 2. The van der Waals surface area contributed by atoms with E-state index in [9.17, 15) is 17.6 Å². The van der Waals surface area contributed by atoms with Gasteiger partial charge in [-0.25, -0.2) is 17.6 Å². The van der Waals surface area contributed by atoms with Gasteiger partial charge in [0.1, 0.15) is 48.0 Å². The van der Waals surface area contributed by atoms with Crippen molar-refractivity contribution in [1.82, 2.24) is 5.32 Å². The summed E-state index contributed by atoms with van der Waals surface area (Å²) in [6.07, 6.45) is 0.813. The summed E-state index contributed by atoms with van der Waals surface area (Å²) in [5.41, 5.74) is 6.73. The molecule has 0 saturated carbocycles. The zero-order valence-corrected chi connectivity index (χ0v) is 17.3. The molecule has 3 aromatic rings. The minimum atomic E-state index is -0.701. The Kier molecular flexibility index (Phi) is 8.47. The van der Waals surface area contributed by atoms with Gasteiger partial charge in [-0.15, -0.1) is 0 Å². The first kappa shape index (κ1) is 23.6. The number of ether oxygens (including phenoxy) is 2. The second-order valence-electron chi connectivity index (χ2n) is 7.18. The highest BCUT2D eigenvalue weighted by Gasteiger charge is 2.09. The van der Waals surface area contributed by atoms with Crippen LogP contribution in [0, 0.1) is 23.3 Å². The lowest BCUT2D eigenvalue weighted by atomic mass is 10.2. The van der Waals surface area contributed by atoms with Crippen molar-refractivity contribution in [3.8, 4) is 11.5 Å². The Morgan fingerprint density at radius 1 is 0.719 bits per heavy atom. The van der Waals surface area contributed by atoms with Crippen LogP contribution in [0.25, 0.3) is 0 Å². The van der Waals surface area contributed by atoms with Crippen LogP contribution in [0.1, 0.15) is 23.1 Å². The summed E-state index contributed by atoms with van der Waals surface area (Å²) >= 11 is 0. The van der Waals surface area contributed by atoms with Crippen molar-refractivity contribution in [2.45, 2.75) is 26.2 Å². The Balaban J connectivity index is 1.73. The molecule has 32 heavy (non-hydrogen) atoms. The predicted molar refractivity (Wildman–Crippen MR) is 113 cm³/mol. The summed E-state index contributed by atoms with van der Waals surface area (Å²) < 4.78 is 65.4. The van der Waals surface area contributed by atoms with Crippen LogP contribution in [-0.2, 0) is 19.8 Å². The fourth-order valence-corrected chi connectivity index (χ4v) is 2.96. The highest BCUT2D eigenvalue weighted by Crippen LogP contribution is 2.26. The molecule has 0 aliphatic rings. The van der Waals surface area contributed by atoms with Crippen LogP contribution in [-0.4, -0.2) is 13.1 Å². The molecule has 170 valence electrons. The Bertz CT molecular complexity index is 973. The van der Waals surface area contributed by atoms with Crippen molar-refractivity contribution < 1.29 is 27.0 Å². The molecule has 3 rings (SSSR count). The topological polar surface area (TPSA) is 56.5 Å². The van der Waals surface area contributed by atoms with Crippen LogP contribution in [0.5, 0.6) is 11.5 Å². The van der Waals surface area contributed by atoms with Crippen LogP contribution in [0.3, 0.4) is 0 Å². The molecule has 0 unspecified atom stereocenters. The van der Waals surface area contributed by atoms with Crippen molar-refractivity contribution in [3.05, 3.63) is 94.6 Å². The smallest absolute Gasteiger partial charge is 0.132 e. The van der Waals surface area contributed by atoms with Gasteiger partial charge in [-0.3, -0.25) is 0 Å². The highest BCUT2D eigenvalue weighted by atomic mass is 19.1. The lowest BCUT2D eigenvalue weighted by molar-refractivity contribution is 0.283. The molecule has 0 radical (unpaired) electrons. The van der Waals surface area contributed by atoms with E-state index < -0.39 is 23.3 Å². The molecule has 0 fully saturated rings. The van der Waals surface area contributed by atoms with E-state index >= 15 is 0 Å². The van der Waals surface area contributed by atoms with E-state index in [0.717, 1.165) is 42.8 Å². The molecule has 8 heteroatoms. The van der Waals surface area contributed by atoms with Gasteiger partial charge >= 0.3 is 0 Å².